The molecule has 17 heavy (non-hydrogen) atoms. The number of sulfone groups is 1. The second-order valence-corrected chi connectivity index (χ2v) is 7.29. The molecule has 0 aromatic carbocycles. The first-order valence-corrected chi connectivity index (χ1v) is 7.12. The molecule has 0 atom stereocenters. The summed E-state index contributed by atoms with van der Waals surface area (Å²) in [7, 11) is -3.98. The van der Waals surface area contributed by atoms with Crippen molar-refractivity contribution < 1.29 is 18.3 Å². The van der Waals surface area contributed by atoms with E-state index >= 15 is 0 Å². The molecule has 1 aliphatic rings. The van der Waals surface area contributed by atoms with Crippen LogP contribution in [0.4, 0.5) is 0 Å². The van der Waals surface area contributed by atoms with E-state index in [9.17, 15) is 18.3 Å². The maximum atomic E-state index is 11.8. The molecule has 0 aliphatic heterocycles. The van der Waals surface area contributed by atoms with Crippen LogP contribution in [0.5, 0.6) is 0 Å². The van der Waals surface area contributed by atoms with Gasteiger partial charge >= 0.3 is 0 Å². The van der Waals surface area contributed by atoms with Gasteiger partial charge in [0.2, 0.25) is 15.0 Å². The predicted octanol–water partition coefficient (Wildman–Crippen LogP) is 2.59. The Labute approximate surface area is 109 Å². The van der Waals surface area contributed by atoms with Crippen LogP contribution in [-0.2, 0) is 14.6 Å². The molecule has 1 aliphatic carbocycles. The smallest absolute Gasteiger partial charge is 0.248 e. The van der Waals surface area contributed by atoms with E-state index in [0.29, 0.717) is 0 Å². The van der Waals surface area contributed by atoms with Crippen LogP contribution >= 0.6 is 15.9 Å². The quantitative estimate of drug-likeness (QED) is 0.806. The first kappa shape index (κ1) is 14.2. The van der Waals surface area contributed by atoms with Gasteiger partial charge in [-0.25, -0.2) is 8.42 Å². The molecule has 0 radical (unpaired) electrons. The topological polar surface area (TPSA) is 71.4 Å². The molecule has 0 bridgehead atoms. The molecule has 0 unspecified atom stereocenters. The number of halogens is 1. The zero-order chi connectivity index (χ0) is 13.4. The van der Waals surface area contributed by atoms with Gasteiger partial charge in [0.25, 0.3) is 0 Å². The number of aliphatic hydroxyl groups excluding tert-OH is 1. The van der Waals surface area contributed by atoms with Crippen molar-refractivity contribution >= 4 is 30.9 Å². The lowest BCUT2D eigenvalue weighted by atomic mass is 9.93. The van der Waals surface area contributed by atoms with Crippen molar-refractivity contribution in [1.82, 2.24) is 0 Å². The van der Waals surface area contributed by atoms with E-state index in [1.165, 1.54) is 18.2 Å². The summed E-state index contributed by atoms with van der Waals surface area (Å²) in [4.78, 5) is 11.0. The van der Waals surface area contributed by atoms with Crippen molar-refractivity contribution in [3.8, 4) is 0 Å². The average Bonchev–Trinajstić information content (AvgIpc) is 2.23. The number of allylic oxidation sites excluding steroid dienone is 4. The van der Waals surface area contributed by atoms with Crippen molar-refractivity contribution in [2.45, 2.75) is 20.8 Å². The highest BCUT2D eigenvalue weighted by atomic mass is 79.9. The van der Waals surface area contributed by atoms with E-state index < -0.39 is 20.4 Å². The third-order valence-electron chi connectivity index (χ3n) is 2.23. The van der Waals surface area contributed by atoms with Gasteiger partial charge in [0, 0.05) is 12.3 Å². The molecule has 0 saturated carbocycles. The summed E-state index contributed by atoms with van der Waals surface area (Å²) in [5, 5.41) is 8.73. The minimum atomic E-state index is -3.98. The minimum absolute atomic E-state index is 0.0556. The van der Waals surface area contributed by atoms with Crippen LogP contribution in [0.2, 0.25) is 0 Å². The van der Waals surface area contributed by atoms with E-state index in [2.05, 4.69) is 15.9 Å². The fourth-order valence-corrected chi connectivity index (χ4v) is 2.97. The standard InChI is InChI=1S/C11H13BrO4S/c1-7(13)17(15,16)8-4-9(12)10(14)6-11(2,3)5-8/h4-6,14H,1-3H3. The van der Waals surface area contributed by atoms with Crippen LogP contribution in [0.25, 0.3) is 0 Å². The molecule has 0 amide bonds. The number of aliphatic hydroxyl groups is 1. The van der Waals surface area contributed by atoms with Gasteiger partial charge in [-0.05, 0) is 28.1 Å². The zero-order valence-electron chi connectivity index (χ0n) is 9.69. The molecule has 0 aromatic heterocycles. The maximum absolute atomic E-state index is 11.8. The summed E-state index contributed by atoms with van der Waals surface area (Å²) in [6.07, 6.45) is 4.18. The molecule has 1 rings (SSSR count). The fraction of sp³-hybridized carbons (Fsp3) is 0.364. The lowest BCUT2D eigenvalue weighted by molar-refractivity contribution is -0.109. The van der Waals surface area contributed by atoms with Gasteiger partial charge in [0.15, 0.2) is 0 Å². The lowest BCUT2D eigenvalue weighted by Crippen LogP contribution is -2.14. The first-order chi connectivity index (χ1) is 7.56. The van der Waals surface area contributed by atoms with Gasteiger partial charge < -0.3 is 5.11 Å². The fourth-order valence-electron chi connectivity index (χ4n) is 1.39. The molecule has 0 saturated heterocycles. The van der Waals surface area contributed by atoms with E-state index in [-0.39, 0.29) is 15.1 Å². The van der Waals surface area contributed by atoms with Crippen molar-refractivity contribution in [2.24, 2.45) is 5.41 Å². The predicted molar refractivity (Wildman–Crippen MR) is 69.2 cm³/mol. The van der Waals surface area contributed by atoms with Crippen LogP contribution in [-0.4, -0.2) is 18.6 Å². The molecule has 0 spiro atoms. The van der Waals surface area contributed by atoms with Gasteiger partial charge in [-0.15, -0.1) is 0 Å². The van der Waals surface area contributed by atoms with Gasteiger partial charge in [0.1, 0.15) is 5.76 Å². The molecule has 6 heteroatoms. The second kappa shape index (κ2) is 4.42. The van der Waals surface area contributed by atoms with Crippen LogP contribution in [0.3, 0.4) is 0 Å². The lowest BCUT2D eigenvalue weighted by Gasteiger charge is -2.15. The van der Waals surface area contributed by atoms with E-state index in [0.717, 1.165) is 6.92 Å². The highest BCUT2D eigenvalue weighted by molar-refractivity contribution is 9.12. The number of rotatable bonds is 1. The summed E-state index contributed by atoms with van der Waals surface area (Å²) < 4.78 is 23.8. The van der Waals surface area contributed by atoms with Gasteiger partial charge in [-0.3, -0.25) is 4.79 Å². The Morgan fingerprint density at radius 2 is 1.88 bits per heavy atom. The molecule has 94 valence electrons. The summed E-state index contributed by atoms with van der Waals surface area (Å²) in [6.45, 7) is 4.47. The van der Waals surface area contributed by atoms with E-state index in [1.54, 1.807) is 13.8 Å². The normalized spacial score (nSPS) is 19.9. The number of carbonyl (C=O) groups excluding carboxylic acids is 1. The number of hydrogen-bond acceptors (Lipinski definition) is 4. The summed E-state index contributed by atoms with van der Waals surface area (Å²) in [6, 6.07) is 0. The van der Waals surface area contributed by atoms with E-state index in [1.807, 2.05) is 0 Å². The van der Waals surface area contributed by atoms with Crippen molar-refractivity contribution in [2.75, 3.05) is 0 Å². The third-order valence-corrected chi connectivity index (χ3v) is 4.47. The molecule has 0 heterocycles. The Hall–Kier alpha value is -0.880. The summed E-state index contributed by atoms with van der Waals surface area (Å²) in [5.41, 5.74) is -0.659. The van der Waals surface area contributed by atoms with E-state index in [4.69, 9.17) is 0 Å². The molecule has 1 N–H and O–H groups in total. The monoisotopic (exact) mass is 320 g/mol. The van der Waals surface area contributed by atoms with Crippen LogP contribution < -0.4 is 0 Å². The van der Waals surface area contributed by atoms with Crippen molar-refractivity contribution in [3.63, 3.8) is 0 Å². The third kappa shape index (κ3) is 3.07. The number of hydrogen-bond donors (Lipinski definition) is 1. The summed E-state index contributed by atoms with van der Waals surface area (Å²) >= 11 is 3.06. The van der Waals surface area contributed by atoms with Gasteiger partial charge in [0.05, 0.1) is 9.39 Å². The summed E-state index contributed by atoms with van der Waals surface area (Å²) in [5.74, 6) is -0.0556. The van der Waals surface area contributed by atoms with Crippen molar-refractivity contribution in [1.29, 1.82) is 0 Å². The van der Waals surface area contributed by atoms with Crippen LogP contribution in [0.1, 0.15) is 20.8 Å². The minimum Gasteiger partial charge on any atom is -0.507 e. The van der Waals surface area contributed by atoms with Crippen molar-refractivity contribution in [3.05, 3.63) is 33.4 Å². The Morgan fingerprint density at radius 3 is 2.35 bits per heavy atom. The maximum Gasteiger partial charge on any atom is 0.248 e. The van der Waals surface area contributed by atoms with Crippen LogP contribution in [0, 0.1) is 5.41 Å². The van der Waals surface area contributed by atoms with Gasteiger partial charge in [-0.1, -0.05) is 19.9 Å². The van der Waals surface area contributed by atoms with Crippen LogP contribution in [0.15, 0.2) is 33.4 Å². The average molecular weight is 321 g/mol. The molecular weight excluding hydrogens is 308 g/mol. The Morgan fingerprint density at radius 1 is 1.35 bits per heavy atom. The largest absolute Gasteiger partial charge is 0.507 e. The zero-order valence-corrected chi connectivity index (χ0v) is 12.1. The highest BCUT2D eigenvalue weighted by Gasteiger charge is 2.28. The van der Waals surface area contributed by atoms with Gasteiger partial charge in [-0.2, -0.15) is 0 Å². The first-order valence-electron chi connectivity index (χ1n) is 4.84. The Balaban J connectivity index is 3.47. The molecule has 0 aromatic rings. The SMILES string of the molecule is CC(=O)S(=O)(=O)C1=CC(C)(C)C=C(O)C(Br)=C1. The molecule has 4 nitrogen and oxygen atoms in total. The Bertz CT molecular complexity index is 550. The highest BCUT2D eigenvalue weighted by Crippen LogP contribution is 2.33. The second-order valence-electron chi connectivity index (χ2n) is 4.38. The number of carbonyl (C=O) groups is 1. The molecule has 0 fully saturated rings. The Kier molecular flexibility index (Phi) is 3.69. The molecular formula is C11H13BrO4S.